The number of fused-ring (bicyclic) bond motifs is 7. The lowest BCUT2D eigenvalue weighted by Crippen LogP contribution is -2.50. The largest absolute Gasteiger partial charge is 0.494 e. The molecule has 5 nitrogen and oxygen atoms in total. The molecule has 0 bridgehead atoms. The first-order chi connectivity index (χ1) is 19.1. The molecule has 0 aromatic rings. The zero-order valence-electron chi connectivity index (χ0n) is 26.2. The molecule has 0 aromatic heterocycles. The van der Waals surface area contributed by atoms with Gasteiger partial charge in [0.25, 0.3) is 0 Å². The molecule has 1 N–H and O–H groups in total. The molecular weight excluding hydrogens is 498 g/mol. The first-order valence-electron chi connectivity index (χ1n) is 16.6. The number of carbonyl (C=O) groups is 2. The Morgan fingerprint density at radius 3 is 2.73 bits per heavy atom. The molecule has 3 fully saturated rings. The number of hydrogen-bond acceptors (Lipinski definition) is 4. The smallest absolute Gasteiger partial charge is 0.306 e. The Bertz CT molecular complexity index is 1030. The molecule has 1 amide bonds. The minimum atomic E-state index is 0.00671. The van der Waals surface area contributed by atoms with Crippen LogP contribution < -0.4 is 5.32 Å². The lowest BCUT2D eigenvalue weighted by Gasteiger charge is -2.58. The predicted octanol–water partition coefficient (Wildman–Crippen LogP) is 7.89. The summed E-state index contributed by atoms with van der Waals surface area (Å²) in [5.74, 6) is 4.51. The van der Waals surface area contributed by atoms with E-state index in [-0.39, 0.29) is 23.4 Å². The van der Waals surface area contributed by atoms with Crippen LogP contribution in [0.5, 0.6) is 0 Å². The van der Waals surface area contributed by atoms with Gasteiger partial charge >= 0.3 is 5.97 Å². The van der Waals surface area contributed by atoms with Crippen molar-refractivity contribution in [2.75, 3.05) is 6.54 Å². The summed E-state index contributed by atoms with van der Waals surface area (Å²) in [4.78, 5) is 23.7. The minimum Gasteiger partial charge on any atom is -0.494 e. The maximum absolute atomic E-state index is 12.4. The van der Waals surface area contributed by atoms with Crippen molar-refractivity contribution in [3.63, 3.8) is 0 Å². The standard InChI is InChI=1S/C35H55NO4/c1-7-8-9-10-32(38)39-26-15-17-34(5)25(19-26)12-13-27-28(34)16-18-35(6)29(27)20-31-33(35)23(3)30(40-31)14-11-22(2)21-36-24(4)37/h12,22,26-29,31,33H,7-11,13-21H2,1-6H3,(H,36,37)/t22-,26-,27+,28-,29-,31+,33-,34-,35-/m0/s1. The van der Waals surface area contributed by atoms with Gasteiger partial charge < -0.3 is 14.8 Å². The summed E-state index contributed by atoms with van der Waals surface area (Å²) in [6.07, 6.45) is 16.9. The fourth-order valence-corrected chi connectivity index (χ4v) is 9.87. The Morgan fingerprint density at radius 2 is 1.98 bits per heavy atom. The second-order valence-electron chi connectivity index (χ2n) is 14.7. The van der Waals surface area contributed by atoms with E-state index in [1.807, 2.05) is 0 Å². The third-order valence-corrected chi connectivity index (χ3v) is 12.1. The number of esters is 1. The second-order valence-corrected chi connectivity index (χ2v) is 14.7. The number of nitrogens with one attached hydrogen (secondary N) is 1. The Hall–Kier alpha value is -1.78. The van der Waals surface area contributed by atoms with Gasteiger partial charge in [-0.2, -0.15) is 0 Å². The van der Waals surface area contributed by atoms with Gasteiger partial charge in [-0.15, -0.1) is 0 Å². The van der Waals surface area contributed by atoms with Crippen LogP contribution in [0, 0.1) is 40.4 Å². The minimum absolute atomic E-state index is 0.00671. The number of ether oxygens (including phenoxy) is 2. The van der Waals surface area contributed by atoms with Gasteiger partial charge in [0.1, 0.15) is 12.2 Å². The topological polar surface area (TPSA) is 64.6 Å². The zero-order chi connectivity index (χ0) is 28.7. The molecule has 1 aliphatic heterocycles. The molecule has 4 aliphatic carbocycles. The van der Waals surface area contributed by atoms with Crippen LogP contribution >= 0.6 is 0 Å². The summed E-state index contributed by atoms with van der Waals surface area (Å²) in [6, 6.07) is 0. The Morgan fingerprint density at radius 1 is 1.18 bits per heavy atom. The highest BCUT2D eigenvalue weighted by Gasteiger charge is 2.63. The van der Waals surface area contributed by atoms with Gasteiger partial charge in [0.2, 0.25) is 5.91 Å². The molecule has 0 unspecified atom stereocenters. The van der Waals surface area contributed by atoms with Crippen LogP contribution in [-0.2, 0) is 19.1 Å². The van der Waals surface area contributed by atoms with Crippen molar-refractivity contribution < 1.29 is 19.1 Å². The van der Waals surface area contributed by atoms with Gasteiger partial charge in [-0.05, 0) is 98.4 Å². The first-order valence-corrected chi connectivity index (χ1v) is 16.6. The fraction of sp³-hybridized carbons (Fsp3) is 0.829. The number of allylic oxidation sites excluding steroid dienone is 2. The number of hydrogen-bond donors (Lipinski definition) is 1. The molecule has 3 saturated carbocycles. The van der Waals surface area contributed by atoms with Crippen LogP contribution in [0.4, 0.5) is 0 Å². The molecular formula is C35H55NO4. The van der Waals surface area contributed by atoms with E-state index in [0.717, 1.165) is 75.7 Å². The molecule has 0 spiro atoms. The molecule has 224 valence electrons. The maximum Gasteiger partial charge on any atom is 0.306 e. The second kappa shape index (κ2) is 11.8. The van der Waals surface area contributed by atoms with Gasteiger partial charge in [0, 0.05) is 38.6 Å². The van der Waals surface area contributed by atoms with Crippen molar-refractivity contribution in [3.05, 3.63) is 23.0 Å². The van der Waals surface area contributed by atoms with Crippen LogP contribution in [-0.4, -0.2) is 30.6 Å². The van der Waals surface area contributed by atoms with E-state index in [9.17, 15) is 9.59 Å². The monoisotopic (exact) mass is 553 g/mol. The van der Waals surface area contributed by atoms with Gasteiger partial charge in [0.05, 0.1) is 5.76 Å². The average molecular weight is 554 g/mol. The molecule has 0 aromatic carbocycles. The van der Waals surface area contributed by atoms with Gasteiger partial charge in [-0.1, -0.05) is 52.2 Å². The van der Waals surface area contributed by atoms with Crippen LogP contribution in [0.15, 0.2) is 23.0 Å². The molecule has 1 heterocycles. The number of amides is 1. The summed E-state index contributed by atoms with van der Waals surface area (Å²) in [7, 11) is 0. The van der Waals surface area contributed by atoms with Crippen molar-refractivity contribution in [1.29, 1.82) is 0 Å². The molecule has 9 atom stereocenters. The first kappa shape index (κ1) is 29.7. The van der Waals surface area contributed by atoms with Gasteiger partial charge in [-0.25, -0.2) is 0 Å². The van der Waals surface area contributed by atoms with Crippen LogP contribution in [0.1, 0.15) is 125 Å². The number of rotatable bonds is 10. The highest BCUT2D eigenvalue weighted by atomic mass is 16.5. The Kier molecular flexibility index (Phi) is 8.79. The molecule has 5 rings (SSSR count). The normalized spacial score (nSPS) is 38.8. The van der Waals surface area contributed by atoms with Crippen molar-refractivity contribution in [1.82, 2.24) is 5.32 Å². The third kappa shape index (κ3) is 5.52. The summed E-state index contributed by atoms with van der Waals surface area (Å²) in [6.45, 7) is 14.2. The highest BCUT2D eigenvalue weighted by molar-refractivity contribution is 5.72. The lowest BCUT2D eigenvalue weighted by atomic mass is 9.47. The maximum atomic E-state index is 12.4. The van der Waals surface area contributed by atoms with Gasteiger partial charge in [0.15, 0.2) is 0 Å². The highest BCUT2D eigenvalue weighted by Crippen LogP contribution is 2.69. The Labute approximate surface area is 243 Å². The predicted molar refractivity (Wildman–Crippen MR) is 159 cm³/mol. The Balaban J connectivity index is 1.23. The molecule has 40 heavy (non-hydrogen) atoms. The van der Waals surface area contributed by atoms with Crippen molar-refractivity contribution in [3.8, 4) is 0 Å². The van der Waals surface area contributed by atoms with Crippen molar-refractivity contribution in [2.45, 2.75) is 137 Å². The lowest BCUT2D eigenvalue weighted by molar-refractivity contribution is -0.151. The quantitative estimate of drug-likeness (QED) is 0.170. The van der Waals surface area contributed by atoms with E-state index < -0.39 is 0 Å². The van der Waals surface area contributed by atoms with Gasteiger partial charge in [-0.3, -0.25) is 9.59 Å². The zero-order valence-corrected chi connectivity index (χ0v) is 26.2. The fourth-order valence-electron chi connectivity index (χ4n) is 9.87. The van der Waals surface area contributed by atoms with Crippen LogP contribution in [0.25, 0.3) is 0 Å². The summed E-state index contributed by atoms with van der Waals surface area (Å²) in [5.41, 5.74) is 3.68. The van der Waals surface area contributed by atoms with E-state index in [0.29, 0.717) is 29.8 Å². The summed E-state index contributed by atoms with van der Waals surface area (Å²) in [5, 5.41) is 2.96. The molecule has 0 radical (unpaired) electrons. The van der Waals surface area contributed by atoms with Crippen molar-refractivity contribution >= 4 is 11.9 Å². The van der Waals surface area contributed by atoms with E-state index >= 15 is 0 Å². The molecule has 0 saturated heterocycles. The van der Waals surface area contributed by atoms with Crippen LogP contribution in [0.3, 0.4) is 0 Å². The molecule has 5 aliphatic rings. The van der Waals surface area contributed by atoms with Crippen molar-refractivity contribution in [2.24, 2.45) is 40.4 Å². The molecule has 5 heteroatoms. The third-order valence-electron chi connectivity index (χ3n) is 12.1. The number of carbonyl (C=O) groups excluding carboxylic acids is 2. The summed E-state index contributed by atoms with van der Waals surface area (Å²) >= 11 is 0. The SMILES string of the molecule is CCCCCC(=O)O[C@H]1CC[C@@]2(C)C(=CC[C@H]3[C@@H]4C[C@H]5OC(CC[C@H](C)CNC(C)=O)=C(C)[C@@H]5[C@@]4(C)CC[C@@H]32)C1. The van der Waals surface area contributed by atoms with E-state index in [2.05, 4.69) is 46.0 Å². The average Bonchev–Trinajstić information content (AvgIpc) is 3.39. The van der Waals surface area contributed by atoms with Crippen LogP contribution in [0.2, 0.25) is 0 Å². The van der Waals surface area contributed by atoms with E-state index in [1.165, 1.54) is 37.0 Å². The summed E-state index contributed by atoms with van der Waals surface area (Å²) < 4.78 is 12.7. The van der Waals surface area contributed by atoms with E-state index in [1.54, 1.807) is 12.5 Å². The van der Waals surface area contributed by atoms with E-state index in [4.69, 9.17) is 9.47 Å². The number of unbranched alkanes of at least 4 members (excludes halogenated alkanes) is 2.